The molecular formula is C29H28ClF4N9O2. The van der Waals surface area contributed by atoms with E-state index in [0.717, 1.165) is 12.1 Å². The van der Waals surface area contributed by atoms with Crippen LogP contribution < -0.4 is 27.5 Å². The van der Waals surface area contributed by atoms with Crippen molar-refractivity contribution in [2.45, 2.75) is 38.4 Å². The Hall–Kier alpha value is -4.76. The van der Waals surface area contributed by atoms with Crippen molar-refractivity contribution >= 4 is 28.9 Å². The van der Waals surface area contributed by atoms with Crippen LogP contribution in [0.25, 0.3) is 22.5 Å². The van der Waals surface area contributed by atoms with Gasteiger partial charge >= 0.3 is 6.18 Å². The molecule has 0 aliphatic carbocycles. The van der Waals surface area contributed by atoms with E-state index in [1.807, 2.05) is 6.92 Å². The minimum Gasteiger partial charge on any atom is -0.393 e. The lowest BCUT2D eigenvalue weighted by Gasteiger charge is -2.23. The summed E-state index contributed by atoms with van der Waals surface area (Å²) in [5, 5.41) is 7.35. The summed E-state index contributed by atoms with van der Waals surface area (Å²) in [6, 6.07) is 6.25. The van der Waals surface area contributed by atoms with E-state index in [-0.39, 0.29) is 28.2 Å². The number of rotatable bonds is 4. The van der Waals surface area contributed by atoms with Gasteiger partial charge < -0.3 is 11.1 Å². The number of hydrazine groups is 1. The molecular weight excluding hydrogens is 618 g/mol. The van der Waals surface area contributed by atoms with E-state index in [0.29, 0.717) is 53.1 Å². The molecule has 2 bridgehead atoms. The molecule has 4 aromatic rings. The number of alkyl halides is 3. The third-order valence-corrected chi connectivity index (χ3v) is 7.83. The van der Waals surface area contributed by atoms with Crippen LogP contribution in [-0.2, 0) is 11.8 Å². The fourth-order valence-electron chi connectivity index (χ4n) is 5.16. The summed E-state index contributed by atoms with van der Waals surface area (Å²) in [7, 11) is 1.74. The van der Waals surface area contributed by atoms with Gasteiger partial charge in [-0.2, -0.15) is 18.3 Å². The fraction of sp³-hybridized carbons (Fsp3) is 0.276. The first-order valence-electron chi connectivity index (χ1n) is 13.7. The van der Waals surface area contributed by atoms with Gasteiger partial charge in [-0.1, -0.05) is 24.9 Å². The quantitative estimate of drug-likeness (QED) is 0.161. The number of carbonyl (C=O) groups is 1. The highest BCUT2D eigenvalue weighted by molar-refractivity contribution is 6.31. The molecule has 1 aliphatic heterocycles. The Balaban J connectivity index is 1.60. The molecule has 0 spiro atoms. The average Bonchev–Trinajstić information content (AvgIpc) is 3.35. The minimum atomic E-state index is -4.89. The molecule has 16 heteroatoms. The molecule has 2 atom stereocenters. The number of fused-ring (bicyclic) bond motifs is 4. The number of nitrogens with one attached hydrogen (secondary N) is 1. The molecule has 236 valence electrons. The first-order chi connectivity index (χ1) is 21.3. The standard InChI is InChI=1S/C29H28ClF4N9O2/c1-15-4-3-5-21(18-10-16(8-9-37-18)27-20(40-28(15)45)12-39-41(27)2)42-14-38-19(11-24(42)44)25-22(7-6-17(30)26(25)31)43(36)13-23(35)29(32,33)34/h6-15,21H,3-5,35-36H2,1-2H3,(H,40,45)/b23-13-. The zero-order valence-corrected chi connectivity index (χ0v) is 24.8. The van der Waals surface area contributed by atoms with Crippen LogP contribution in [0.5, 0.6) is 0 Å². The second-order valence-corrected chi connectivity index (χ2v) is 11.0. The SMILES string of the molecule is CC1CCCC(n2cnc(-c3c(N(N)/C=C(\N)C(F)(F)F)ccc(Cl)c3F)cc2=O)c2cc(ccn2)-c2c(cnn2C)NC1=O. The van der Waals surface area contributed by atoms with Crippen LogP contribution in [0.1, 0.15) is 37.9 Å². The van der Waals surface area contributed by atoms with Gasteiger partial charge in [-0.25, -0.2) is 15.2 Å². The number of allylic oxidation sites excluding steroid dienone is 1. The molecule has 1 aromatic carbocycles. The molecule has 2 unspecified atom stereocenters. The van der Waals surface area contributed by atoms with Crippen LogP contribution in [0.2, 0.25) is 5.02 Å². The second-order valence-electron chi connectivity index (χ2n) is 10.6. The number of aromatic nitrogens is 5. The van der Waals surface area contributed by atoms with Crippen molar-refractivity contribution in [1.29, 1.82) is 0 Å². The molecule has 0 radical (unpaired) electrons. The summed E-state index contributed by atoms with van der Waals surface area (Å²) in [5.41, 5.74) is 4.49. The Kier molecular flexibility index (Phi) is 8.67. The van der Waals surface area contributed by atoms with E-state index in [2.05, 4.69) is 20.4 Å². The lowest BCUT2D eigenvalue weighted by molar-refractivity contribution is -0.119. The van der Waals surface area contributed by atoms with Crippen molar-refractivity contribution in [2.75, 3.05) is 10.3 Å². The van der Waals surface area contributed by atoms with Crippen molar-refractivity contribution in [3.63, 3.8) is 0 Å². The first-order valence-corrected chi connectivity index (χ1v) is 14.1. The fourth-order valence-corrected chi connectivity index (χ4v) is 5.31. The number of hydrogen-bond acceptors (Lipinski definition) is 8. The molecule has 0 fully saturated rings. The number of nitrogens with zero attached hydrogens (tertiary/aromatic N) is 6. The molecule has 1 amide bonds. The van der Waals surface area contributed by atoms with E-state index in [1.165, 1.54) is 17.0 Å². The van der Waals surface area contributed by atoms with Crippen LogP contribution in [0.4, 0.5) is 28.9 Å². The molecule has 5 N–H and O–H groups in total. The number of aryl methyl sites for hydroxylation is 1. The number of carbonyl (C=O) groups excluding carboxylic acids is 1. The van der Waals surface area contributed by atoms with Gasteiger partial charge in [0.05, 0.1) is 57.6 Å². The molecule has 0 saturated heterocycles. The van der Waals surface area contributed by atoms with E-state index >= 15 is 4.39 Å². The number of anilines is 2. The number of nitrogens with two attached hydrogens (primary N) is 2. The lowest BCUT2D eigenvalue weighted by Crippen LogP contribution is -2.31. The van der Waals surface area contributed by atoms with E-state index < -0.39 is 34.9 Å². The monoisotopic (exact) mass is 645 g/mol. The van der Waals surface area contributed by atoms with Crippen molar-refractivity contribution in [3.8, 4) is 22.5 Å². The first kappa shape index (κ1) is 31.7. The van der Waals surface area contributed by atoms with Gasteiger partial charge in [0.1, 0.15) is 5.70 Å². The number of benzene rings is 1. The van der Waals surface area contributed by atoms with Gasteiger partial charge in [0, 0.05) is 37.0 Å². The highest BCUT2D eigenvalue weighted by Crippen LogP contribution is 2.36. The topological polar surface area (TPSA) is 150 Å². The van der Waals surface area contributed by atoms with Crippen LogP contribution in [-0.4, -0.2) is 36.4 Å². The maximum Gasteiger partial charge on any atom is 0.432 e. The minimum absolute atomic E-state index is 0.168. The molecule has 0 saturated carbocycles. The highest BCUT2D eigenvalue weighted by atomic mass is 35.5. The lowest BCUT2D eigenvalue weighted by atomic mass is 9.97. The Morgan fingerprint density at radius 3 is 2.64 bits per heavy atom. The van der Waals surface area contributed by atoms with Gasteiger partial charge in [0.25, 0.3) is 5.56 Å². The predicted molar refractivity (Wildman–Crippen MR) is 160 cm³/mol. The van der Waals surface area contributed by atoms with Crippen LogP contribution >= 0.6 is 11.6 Å². The number of amides is 1. The molecule has 5 rings (SSSR count). The molecule has 4 heterocycles. The Morgan fingerprint density at radius 1 is 1.18 bits per heavy atom. The van der Waals surface area contributed by atoms with Crippen LogP contribution in [0, 0.1) is 11.7 Å². The van der Waals surface area contributed by atoms with Gasteiger partial charge in [0.15, 0.2) is 5.82 Å². The van der Waals surface area contributed by atoms with Gasteiger partial charge in [0.2, 0.25) is 5.91 Å². The van der Waals surface area contributed by atoms with E-state index in [9.17, 15) is 22.8 Å². The zero-order valence-electron chi connectivity index (χ0n) is 24.0. The van der Waals surface area contributed by atoms with Crippen molar-refractivity contribution in [2.24, 2.45) is 24.5 Å². The van der Waals surface area contributed by atoms with E-state index in [1.54, 1.807) is 36.3 Å². The molecule has 3 aromatic heterocycles. The third-order valence-electron chi connectivity index (χ3n) is 7.54. The summed E-state index contributed by atoms with van der Waals surface area (Å²) in [4.78, 5) is 35.4. The Bertz CT molecular complexity index is 1850. The normalized spacial score (nSPS) is 17.6. The summed E-state index contributed by atoms with van der Waals surface area (Å²) < 4.78 is 57.5. The second kappa shape index (κ2) is 12.3. The van der Waals surface area contributed by atoms with Crippen LogP contribution in [0.3, 0.4) is 0 Å². The highest BCUT2D eigenvalue weighted by Gasteiger charge is 2.32. The van der Waals surface area contributed by atoms with Crippen molar-refractivity contribution in [3.05, 3.63) is 87.8 Å². The largest absolute Gasteiger partial charge is 0.432 e. The molecule has 1 aliphatic rings. The summed E-state index contributed by atoms with van der Waals surface area (Å²) in [6.45, 7) is 1.81. The zero-order chi connectivity index (χ0) is 32.6. The summed E-state index contributed by atoms with van der Waals surface area (Å²) in [6.07, 6.45) is 1.31. The van der Waals surface area contributed by atoms with Gasteiger partial charge in [-0.05, 0) is 37.1 Å². The summed E-state index contributed by atoms with van der Waals surface area (Å²) >= 11 is 5.99. The van der Waals surface area contributed by atoms with Gasteiger partial charge in [-0.3, -0.25) is 28.8 Å². The Labute approximate surface area is 259 Å². The average molecular weight is 646 g/mol. The van der Waals surface area contributed by atoms with Crippen molar-refractivity contribution in [1.82, 2.24) is 24.3 Å². The number of hydrogen-bond donors (Lipinski definition) is 3. The number of pyridine rings is 1. The van der Waals surface area contributed by atoms with Crippen LogP contribution in [0.15, 0.2) is 65.7 Å². The smallest absolute Gasteiger partial charge is 0.393 e. The van der Waals surface area contributed by atoms with Gasteiger partial charge in [-0.15, -0.1) is 0 Å². The third kappa shape index (κ3) is 6.40. The maximum absolute atomic E-state index is 15.4. The van der Waals surface area contributed by atoms with E-state index in [4.69, 9.17) is 23.2 Å². The van der Waals surface area contributed by atoms with Crippen molar-refractivity contribution < 1.29 is 22.4 Å². The maximum atomic E-state index is 15.4. The molecule has 45 heavy (non-hydrogen) atoms. The number of halogens is 5. The molecule has 11 nitrogen and oxygen atoms in total. The Morgan fingerprint density at radius 2 is 1.93 bits per heavy atom. The predicted octanol–water partition coefficient (Wildman–Crippen LogP) is 4.89. The summed E-state index contributed by atoms with van der Waals surface area (Å²) in [5.74, 6) is 4.27.